The van der Waals surface area contributed by atoms with Gasteiger partial charge < -0.3 is 0 Å². The summed E-state index contributed by atoms with van der Waals surface area (Å²) in [6.07, 6.45) is 0. The van der Waals surface area contributed by atoms with Crippen molar-refractivity contribution in [2.45, 2.75) is 13.6 Å². The van der Waals surface area contributed by atoms with Crippen LogP contribution in [0.5, 0.6) is 0 Å². The molecule has 20 valence electrons. The maximum atomic E-state index is 2.00. The molecule has 0 aliphatic heterocycles. The second-order valence-corrected chi connectivity index (χ2v) is 0.577. The Morgan fingerprint density at radius 3 is 1.25 bits per heavy atom. The molecule has 0 aromatic carbocycles. The van der Waals surface area contributed by atoms with Crippen LogP contribution in [0.1, 0.15) is 0 Å². The number of rotatable bonds is 0. The maximum Gasteiger partial charge on any atom is 0.102 e. The van der Waals surface area contributed by atoms with E-state index in [2.05, 4.69) is 0 Å². The van der Waals surface area contributed by atoms with Crippen molar-refractivity contribution in [3.8, 4) is 0 Å². The Morgan fingerprint density at radius 1 is 1.25 bits per heavy atom. The predicted octanol–water partition coefficient (Wildman–Crippen LogP) is 0.784. The summed E-state index contributed by atoms with van der Waals surface area (Å²) in [5, 5.41) is 0. The summed E-state index contributed by atoms with van der Waals surface area (Å²) >= 11 is 0. The molecule has 4 heavy (non-hydrogen) atoms. The van der Waals surface area contributed by atoms with Crippen LogP contribution in [-0.4, -0.2) is 7.28 Å². The van der Waals surface area contributed by atoms with E-state index < -0.39 is 0 Å². The van der Waals surface area contributed by atoms with E-state index >= 15 is 0 Å². The fourth-order valence-electron chi connectivity index (χ4n) is 0. The maximum absolute atomic E-state index is 2.00. The molecule has 0 rings (SSSR count). The van der Waals surface area contributed by atoms with Crippen LogP contribution in [0.3, 0.4) is 0 Å². The Labute approximate surface area is 53.5 Å². The van der Waals surface area contributed by atoms with Gasteiger partial charge in [0.2, 0.25) is 0 Å². The van der Waals surface area contributed by atoms with Crippen molar-refractivity contribution in [1.29, 1.82) is 0 Å². The standard InChI is InChI=1S/C2H6B.Y/c1-3-2;/h1-2H3;. The van der Waals surface area contributed by atoms with Crippen LogP contribution < -0.4 is 0 Å². The van der Waals surface area contributed by atoms with Gasteiger partial charge in [-0.05, 0) is 0 Å². The Balaban J connectivity index is 0. The molecule has 0 saturated heterocycles. The van der Waals surface area contributed by atoms with Crippen molar-refractivity contribution in [3.63, 3.8) is 0 Å². The van der Waals surface area contributed by atoms with Crippen molar-refractivity contribution < 1.29 is 32.7 Å². The zero-order chi connectivity index (χ0) is 2.71. The van der Waals surface area contributed by atoms with Crippen LogP contribution in [0.2, 0.25) is 13.6 Å². The van der Waals surface area contributed by atoms with Crippen LogP contribution in [0.25, 0.3) is 0 Å². The smallest absolute Gasteiger partial charge is 0.0922 e. The van der Waals surface area contributed by atoms with Crippen LogP contribution in [0, 0.1) is 0 Å². The van der Waals surface area contributed by atoms with Crippen LogP contribution in [-0.2, 0) is 32.7 Å². The van der Waals surface area contributed by atoms with E-state index in [0.717, 1.165) is 0 Å². The zero-order valence-corrected chi connectivity index (χ0v) is 5.99. The third kappa shape index (κ3) is 10.9. The van der Waals surface area contributed by atoms with E-state index in [1.165, 1.54) is 0 Å². The molecular formula is C2H6BY. The van der Waals surface area contributed by atoms with Crippen LogP contribution in [0.4, 0.5) is 0 Å². The summed E-state index contributed by atoms with van der Waals surface area (Å²) < 4.78 is 0. The molecule has 0 aliphatic rings. The molecule has 0 nitrogen and oxygen atoms in total. The Kier molecular flexibility index (Phi) is 19.9. The van der Waals surface area contributed by atoms with Crippen LogP contribution in [0.15, 0.2) is 0 Å². The third-order valence-electron chi connectivity index (χ3n) is 0. The molecule has 0 amide bonds. The van der Waals surface area contributed by atoms with Gasteiger partial charge in [0, 0.05) is 32.7 Å². The minimum absolute atomic E-state index is 0. The van der Waals surface area contributed by atoms with Gasteiger partial charge in [-0.1, -0.05) is 13.6 Å². The van der Waals surface area contributed by atoms with E-state index in [1.807, 2.05) is 20.9 Å². The van der Waals surface area contributed by atoms with Gasteiger partial charge >= 0.3 is 0 Å². The molecule has 0 aromatic rings. The number of hydrogen-bond acceptors (Lipinski definition) is 0. The molecule has 0 aliphatic carbocycles. The fraction of sp³-hybridized carbons (Fsp3) is 1.00. The zero-order valence-electron chi connectivity index (χ0n) is 3.15. The molecule has 0 heterocycles. The predicted molar refractivity (Wildman–Crippen MR) is 17.5 cm³/mol. The number of hydrogen-bond donors (Lipinski definition) is 0. The molecule has 0 aromatic heterocycles. The van der Waals surface area contributed by atoms with Gasteiger partial charge in [0.15, 0.2) is 0 Å². The quantitative estimate of drug-likeness (QED) is 0.425. The molecule has 2 heteroatoms. The second-order valence-electron chi connectivity index (χ2n) is 0.577. The first-order chi connectivity index (χ1) is 1.41. The second kappa shape index (κ2) is 8.90. The van der Waals surface area contributed by atoms with Gasteiger partial charge in [-0.25, -0.2) is 0 Å². The monoisotopic (exact) mass is 130 g/mol. The summed E-state index contributed by atoms with van der Waals surface area (Å²) in [6, 6.07) is 0. The topological polar surface area (TPSA) is 0 Å². The fourth-order valence-corrected chi connectivity index (χ4v) is 0. The van der Waals surface area contributed by atoms with Crippen molar-refractivity contribution in [3.05, 3.63) is 0 Å². The average Bonchev–Trinajstić information content (AvgIpc) is 0.918. The third-order valence-corrected chi connectivity index (χ3v) is 0. The first-order valence-electron chi connectivity index (χ1n) is 1.15. The minimum Gasteiger partial charge on any atom is -0.0922 e. The molecule has 0 unspecified atom stereocenters. The molecule has 0 spiro atoms. The first-order valence-corrected chi connectivity index (χ1v) is 1.15. The van der Waals surface area contributed by atoms with Crippen molar-refractivity contribution >= 4 is 7.28 Å². The molecule has 2 radical (unpaired) electrons. The molecule has 0 fully saturated rings. The Bertz CT molecular complexity index is 6.00. The summed E-state index contributed by atoms with van der Waals surface area (Å²) in [5.41, 5.74) is 0. The van der Waals surface area contributed by atoms with E-state index in [0.29, 0.717) is 0 Å². The van der Waals surface area contributed by atoms with Crippen LogP contribution >= 0.6 is 0 Å². The molecule has 0 bridgehead atoms. The van der Waals surface area contributed by atoms with Crippen molar-refractivity contribution in [1.82, 2.24) is 0 Å². The SMILES string of the molecule is C[B]C.[Y]. The summed E-state index contributed by atoms with van der Waals surface area (Å²) in [7, 11) is 2.00. The van der Waals surface area contributed by atoms with E-state index in [1.54, 1.807) is 0 Å². The van der Waals surface area contributed by atoms with Crippen molar-refractivity contribution in [2.75, 3.05) is 0 Å². The normalized spacial score (nSPS) is 3.50. The summed E-state index contributed by atoms with van der Waals surface area (Å²) in [4.78, 5) is 0. The largest absolute Gasteiger partial charge is 0.102 e. The van der Waals surface area contributed by atoms with Gasteiger partial charge in [0.25, 0.3) is 0 Å². The van der Waals surface area contributed by atoms with Gasteiger partial charge in [-0.2, -0.15) is 0 Å². The van der Waals surface area contributed by atoms with E-state index in [4.69, 9.17) is 0 Å². The first kappa shape index (κ1) is 8.95. The van der Waals surface area contributed by atoms with Gasteiger partial charge in [0.1, 0.15) is 7.28 Å². The average molecular weight is 130 g/mol. The van der Waals surface area contributed by atoms with Crippen molar-refractivity contribution in [2.24, 2.45) is 0 Å². The summed E-state index contributed by atoms with van der Waals surface area (Å²) in [5.74, 6) is 0. The Hall–Kier alpha value is 1.17. The molecule has 0 atom stereocenters. The molecule has 0 N–H and O–H groups in total. The molecule has 0 saturated carbocycles. The molecular weight excluding hydrogens is 124 g/mol. The Morgan fingerprint density at radius 2 is 1.25 bits per heavy atom. The van der Waals surface area contributed by atoms with Gasteiger partial charge in [-0.15, -0.1) is 0 Å². The van der Waals surface area contributed by atoms with Gasteiger partial charge in [0.05, 0.1) is 0 Å². The summed E-state index contributed by atoms with van der Waals surface area (Å²) in [6.45, 7) is 4.00. The van der Waals surface area contributed by atoms with Gasteiger partial charge in [-0.3, -0.25) is 0 Å². The van der Waals surface area contributed by atoms with E-state index in [9.17, 15) is 0 Å². The van der Waals surface area contributed by atoms with E-state index in [-0.39, 0.29) is 32.7 Å². The minimum atomic E-state index is 0.